The van der Waals surface area contributed by atoms with E-state index in [2.05, 4.69) is 5.32 Å². The average Bonchev–Trinajstić information content (AvgIpc) is 2.42. The van der Waals surface area contributed by atoms with Crippen LogP contribution in [0.4, 0.5) is 0 Å². The molecule has 5 heteroatoms. The number of rotatable bonds is 8. The van der Waals surface area contributed by atoms with Crippen molar-refractivity contribution in [3.8, 4) is 5.75 Å². The van der Waals surface area contributed by atoms with Gasteiger partial charge in [-0.05, 0) is 17.7 Å². The highest BCUT2D eigenvalue weighted by Gasteiger charge is 2.08. The molecule has 2 atom stereocenters. The molecule has 0 spiro atoms. The van der Waals surface area contributed by atoms with Crippen LogP contribution in [0.3, 0.4) is 0 Å². The van der Waals surface area contributed by atoms with E-state index in [-0.39, 0.29) is 13.2 Å². The fraction of sp³-hybridized carbons (Fsp3) is 0.571. The minimum Gasteiger partial charge on any atom is -0.491 e. The van der Waals surface area contributed by atoms with Gasteiger partial charge in [-0.15, -0.1) is 0 Å². The largest absolute Gasteiger partial charge is 0.491 e. The zero-order chi connectivity index (χ0) is 14.3. The Bertz CT molecular complexity index is 353. The molecule has 0 aliphatic rings. The molecule has 5 nitrogen and oxygen atoms in total. The third-order valence-electron chi connectivity index (χ3n) is 2.64. The van der Waals surface area contributed by atoms with Crippen LogP contribution in [-0.2, 0) is 0 Å². The Morgan fingerprint density at radius 3 is 2.32 bits per heavy atom. The quantitative estimate of drug-likeness (QED) is 0.551. The molecule has 4 N–H and O–H groups in total. The number of hydrogen-bond donors (Lipinski definition) is 4. The van der Waals surface area contributed by atoms with Gasteiger partial charge in [0.1, 0.15) is 24.6 Å². The van der Waals surface area contributed by atoms with E-state index in [1.54, 1.807) is 24.3 Å². The normalized spacial score (nSPS) is 14.4. The molecule has 108 valence electrons. The zero-order valence-corrected chi connectivity index (χ0v) is 11.4. The van der Waals surface area contributed by atoms with E-state index >= 15 is 0 Å². The van der Waals surface area contributed by atoms with Crippen LogP contribution in [-0.4, -0.2) is 47.2 Å². The van der Waals surface area contributed by atoms with E-state index in [0.29, 0.717) is 23.9 Å². The lowest BCUT2D eigenvalue weighted by molar-refractivity contribution is 0.0951. The predicted molar refractivity (Wildman–Crippen MR) is 73.1 cm³/mol. The molecule has 1 aromatic rings. The summed E-state index contributed by atoms with van der Waals surface area (Å²) >= 11 is 0. The van der Waals surface area contributed by atoms with Gasteiger partial charge >= 0.3 is 0 Å². The van der Waals surface area contributed by atoms with Crippen molar-refractivity contribution in [3.05, 3.63) is 29.8 Å². The Morgan fingerprint density at radius 1 is 1.16 bits per heavy atom. The molecular weight excluding hydrogens is 246 g/mol. The molecule has 1 aromatic carbocycles. The zero-order valence-electron chi connectivity index (χ0n) is 11.4. The second-order valence-corrected chi connectivity index (χ2v) is 4.80. The molecule has 0 saturated heterocycles. The summed E-state index contributed by atoms with van der Waals surface area (Å²) in [7, 11) is 0. The summed E-state index contributed by atoms with van der Waals surface area (Å²) in [6.07, 6.45) is -1.43. The van der Waals surface area contributed by atoms with E-state index in [1.807, 2.05) is 13.8 Å². The second kappa shape index (κ2) is 8.12. The van der Waals surface area contributed by atoms with Gasteiger partial charge in [0.15, 0.2) is 0 Å². The lowest BCUT2D eigenvalue weighted by Crippen LogP contribution is -2.35. The molecule has 0 fully saturated rings. The SMILES string of the molecule is CC(C)NCC(O)COc1ccc(C(O)CO)cc1. The monoisotopic (exact) mass is 269 g/mol. The Balaban J connectivity index is 2.37. The third-order valence-corrected chi connectivity index (χ3v) is 2.64. The van der Waals surface area contributed by atoms with Crippen molar-refractivity contribution in [2.45, 2.75) is 32.1 Å². The van der Waals surface area contributed by atoms with E-state index < -0.39 is 12.2 Å². The number of aliphatic hydroxyl groups is 3. The topological polar surface area (TPSA) is 82.0 Å². The van der Waals surface area contributed by atoms with Gasteiger partial charge < -0.3 is 25.4 Å². The first kappa shape index (κ1) is 15.9. The highest BCUT2D eigenvalue weighted by Crippen LogP contribution is 2.17. The van der Waals surface area contributed by atoms with E-state index in [1.165, 1.54) is 0 Å². The lowest BCUT2D eigenvalue weighted by atomic mass is 10.1. The molecule has 0 amide bonds. The predicted octanol–water partition coefficient (Wildman–Crippen LogP) is 0.450. The molecule has 0 aliphatic carbocycles. The molecule has 0 radical (unpaired) electrons. The summed E-state index contributed by atoms with van der Waals surface area (Å²) in [5.74, 6) is 0.623. The summed E-state index contributed by atoms with van der Waals surface area (Å²) in [5, 5.41) is 31.0. The lowest BCUT2D eigenvalue weighted by Gasteiger charge is -2.15. The van der Waals surface area contributed by atoms with Crippen molar-refractivity contribution in [2.24, 2.45) is 0 Å². The molecule has 19 heavy (non-hydrogen) atoms. The maximum Gasteiger partial charge on any atom is 0.119 e. The molecule has 1 rings (SSSR count). The van der Waals surface area contributed by atoms with Gasteiger partial charge in [0.05, 0.1) is 6.61 Å². The van der Waals surface area contributed by atoms with Gasteiger partial charge in [-0.25, -0.2) is 0 Å². The van der Waals surface area contributed by atoms with Crippen LogP contribution in [0, 0.1) is 0 Å². The van der Waals surface area contributed by atoms with Gasteiger partial charge in [0.2, 0.25) is 0 Å². The number of hydrogen-bond acceptors (Lipinski definition) is 5. The Morgan fingerprint density at radius 2 is 1.79 bits per heavy atom. The first-order chi connectivity index (χ1) is 9.02. The van der Waals surface area contributed by atoms with Crippen LogP contribution < -0.4 is 10.1 Å². The number of nitrogens with one attached hydrogen (secondary N) is 1. The first-order valence-electron chi connectivity index (χ1n) is 6.46. The highest BCUT2D eigenvalue weighted by molar-refractivity contribution is 5.28. The third kappa shape index (κ3) is 6.02. The Labute approximate surface area is 113 Å². The summed E-state index contributed by atoms with van der Waals surface area (Å²) in [5.41, 5.74) is 0.636. The van der Waals surface area contributed by atoms with Crippen molar-refractivity contribution in [1.29, 1.82) is 0 Å². The van der Waals surface area contributed by atoms with Crippen LogP contribution in [0.1, 0.15) is 25.5 Å². The molecule has 0 heterocycles. The number of benzene rings is 1. The van der Waals surface area contributed by atoms with Crippen LogP contribution in [0.25, 0.3) is 0 Å². The van der Waals surface area contributed by atoms with Crippen molar-refractivity contribution in [3.63, 3.8) is 0 Å². The van der Waals surface area contributed by atoms with Gasteiger partial charge in [-0.2, -0.15) is 0 Å². The molecular formula is C14H23NO4. The average molecular weight is 269 g/mol. The van der Waals surface area contributed by atoms with Crippen LogP contribution in [0.5, 0.6) is 5.75 Å². The van der Waals surface area contributed by atoms with Gasteiger partial charge in [0, 0.05) is 12.6 Å². The van der Waals surface area contributed by atoms with Crippen molar-refractivity contribution in [1.82, 2.24) is 5.32 Å². The fourth-order valence-corrected chi connectivity index (χ4v) is 1.51. The van der Waals surface area contributed by atoms with Crippen LogP contribution >= 0.6 is 0 Å². The van der Waals surface area contributed by atoms with Gasteiger partial charge in [-0.1, -0.05) is 26.0 Å². The van der Waals surface area contributed by atoms with Crippen LogP contribution in [0.2, 0.25) is 0 Å². The van der Waals surface area contributed by atoms with Crippen LogP contribution in [0.15, 0.2) is 24.3 Å². The number of aliphatic hydroxyl groups excluding tert-OH is 3. The summed E-state index contributed by atoms with van der Waals surface area (Å²) in [6.45, 7) is 4.41. The summed E-state index contributed by atoms with van der Waals surface area (Å²) in [6, 6.07) is 7.12. The minimum absolute atomic E-state index is 0.210. The fourth-order valence-electron chi connectivity index (χ4n) is 1.51. The van der Waals surface area contributed by atoms with Gasteiger partial charge in [0.25, 0.3) is 0 Å². The van der Waals surface area contributed by atoms with Gasteiger partial charge in [-0.3, -0.25) is 0 Å². The minimum atomic E-state index is -0.866. The maximum atomic E-state index is 9.68. The number of ether oxygens (including phenoxy) is 1. The molecule has 0 aromatic heterocycles. The summed E-state index contributed by atoms with van der Waals surface area (Å²) in [4.78, 5) is 0. The Kier molecular flexibility index (Phi) is 6.80. The van der Waals surface area contributed by atoms with Crippen molar-refractivity contribution >= 4 is 0 Å². The standard InChI is InChI=1S/C14H23NO4/c1-10(2)15-7-12(17)9-19-13-5-3-11(4-6-13)14(18)8-16/h3-6,10,12,14-18H,7-9H2,1-2H3. The van der Waals surface area contributed by atoms with E-state index in [9.17, 15) is 10.2 Å². The molecule has 0 bridgehead atoms. The first-order valence-corrected chi connectivity index (χ1v) is 6.46. The smallest absolute Gasteiger partial charge is 0.119 e. The molecule has 2 unspecified atom stereocenters. The van der Waals surface area contributed by atoms with Crippen molar-refractivity contribution < 1.29 is 20.1 Å². The highest BCUT2D eigenvalue weighted by atomic mass is 16.5. The molecule has 0 aliphatic heterocycles. The summed E-state index contributed by atoms with van der Waals surface area (Å²) < 4.78 is 5.43. The second-order valence-electron chi connectivity index (χ2n) is 4.80. The maximum absolute atomic E-state index is 9.68. The van der Waals surface area contributed by atoms with Crippen molar-refractivity contribution in [2.75, 3.05) is 19.8 Å². The Hall–Kier alpha value is -1.14. The van der Waals surface area contributed by atoms with E-state index in [0.717, 1.165) is 0 Å². The molecule has 0 saturated carbocycles. The van der Waals surface area contributed by atoms with E-state index in [4.69, 9.17) is 9.84 Å².